The molecular formula is C12H12BrCl2NO3S. The van der Waals surface area contributed by atoms with Crippen LogP contribution < -0.4 is 5.32 Å². The average molecular weight is 401 g/mol. The second kappa shape index (κ2) is 5.48. The van der Waals surface area contributed by atoms with Crippen molar-refractivity contribution in [2.24, 2.45) is 5.41 Å². The van der Waals surface area contributed by atoms with Gasteiger partial charge in [0.05, 0.1) is 15.5 Å². The molecule has 1 N–H and O–H groups in total. The van der Waals surface area contributed by atoms with Crippen LogP contribution in [0.3, 0.4) is 0 Å². The number of carbonyl (C=O) groups is 1. The number of benzene rings is 1. The van der Waals surface area contributed by atoms with Crippen LogP contribution in [0.5, 0.6) is 0 Å². The fourth-order valence-corrected chi connectivity index (χ4v) is 3.24. The Kier molecular flexibility index (Phi) is 4.40. The maximum Gasteiger partial charge on any atom is 0.261 e. The van der Waals surface area contributed by atoms with E-state index in [2.05, 4.69) is 28.2 Å². The summed E-state index contributed by atoms with van der Waals surface area (Å²) in [6.45, 7) is 2.61. The van der Waals surface area contributed by atoms with E-state index in [1.165, 1.54) is 12.1 Å². The molecule has 110 valence electrons. The molecule has 2 rings (SSSR count). The van der Waals surface area contributed by atoms with Gasteiger partial charge in [0, 0.05) is 21.7 Å². The van der Waals surface area contributed by atoms with Crippen molar-refractivity contribution in [1.29, 1.82) is 0 Å². The Bertz CT molecular complexity index is 672. The number of hydrogen-bond acceptors (Lipinski definition) is 3. The van der Waals surface area contributed by atoms with Gasteiger partial charge >= 0.3 is 0 Å². The van der Waals surface area contributed by atoms with Crippen molar-refractivity contribution in [3.8, 4) is 0 Å². The van der Waals surface area contributed by atoms with E-state index in [-0.39, 0.29) is 20.9 Å². The summed E-state index contributed by atoms with van der Waals surface area (Å²) in [6.07, 6.45) is 2.14. The summed E-state index contributed by atoms with van der Waals surface area (Å²) in [5.74, 6) is -0.411. The van der Waals surface area contributed by atoms with Crippen LogP contribution in [0.2, 0.25) is 5.02 Å². The molecule has 1 aromatic carbocycles. The van der Waals surface area contributed by atoms with E-state index >= 15 is 0 Å². The minimum atomic E-state index is -3.93. The summed E-state index contributed by atoms with van der Waals surface area (Å²) in [6, 6.07) is 2.45. The fraction of sp³-hybridized carbons (Fsp3) is 0.417. The lowest BCUT2D eigenvalue weighted by Crippen LogP contribution is -2.29. The highest BCUT2D eigenvalue weighted by Crippen LogP contribution is 2.44. The van der Waals surface area contributed by atoms with Crippen molar-refractivity contribution in [2.75, 3.05) is 6.54 Å². The summed E-state index contributed by atoms with van der Waals surface area (Å²) in [5, 5.41) is 2.93. The second-order valence-electron chi connectivity index (χ2n) is 5.20. The zero-order valence-corrected chi connectivity index (χ0v) is 14.5. The topological polar surface area (TPSA) is 63.2 Å². The maximum atomic E-state index is 12.1. The van der Waals surface area contributed by atoms with E-state index in [1.807, 2.05) is 0 Å². The van der Waals surface area contributed by atoms with E-state index in [0.29, 0.717) is 11.0 Å². The first-order chi connectivity index (χ1) is 9.12. The van der Waals surface area contributed by atoms with Gasteiger partial charge in [-0.15, -0.1) is 0 Å². The molecule has 0 unspecified atom stereocenters. The maximum absolute atomic E-state index is 12.1. The summed E-state index contributed by atoms with van der Waals surface area (Å²) < 4.78 is 23.0. The number of nitrogens with one attached hydrogen (secondary N) is 1. The minimum Gasteiger partial charge on any atom is -0.351 e. The van der Waals surface area contributed by atoms with E-state index in [4.69, 9.17) is 22.3 Å². The van der Waals surface area contributed by atoms with Crippen LogP contribution in [0.25, 0.3) is 0 Å². The SMILES string of the molecule is CC1(CNC(=O)c2cc(S(=O)(=O)Cl)cc(Br)c2Cl)CC1. The second-order valence-corrected chi connectivity index (χ2v) is 9.00. The molecule has 0 spiro atoms. The van der Waals surface area contributed by atoms with Gasteiger partial charge in [0.15, 0.2) is 0 Å². The molecule has 0 heterocycles. The molecule has 8 heteroatoms. The Morgan fingerprint density at radius 3 is 2.55 bits per heavy atom. The molecule has 1 aromatic rings. The molecule has 0 aliphatic heterocycles. The summed E-state index contributed by atoms with van der Waals surface area (Å²) in [5.41, 5.74) is 0.236. The summed E-state index contributed by atoms with van der Waals surface area (Å²) >= 11 is 9.16. The van der Waals surface area contributed by atoms with E-state index in [1.54, 1.807) is 0 Å². The third kappa shape index (κ3) is 3.67. The highest BCUT2D eigenvalue weighted by atomic mass is 79.9. The molecule has 0 atom stereocenters. The lowest BCUT2D eigenvalue weighted by Gasteiger charge is -2.12. The molecule has 0 saturated heterocycles. The van der Waals surface area contributed by atoms with Crippen molar-refractivity contribution in [3.05, 3.63) is 27.2 Å². The molecule has 1 fully saturated rings. The molecular weight excluding hydrogens is 389 g/mol. The highest BCUT2D eigenvalue weighted by molar-refractivity contribution is 9.10. The third-order valence-electron chi connectivity index (χ3n) is 3.31. The lowest BCUT2D eigenvalue weighted by atomic mass is 10.1. The van der Waals surface area contributed by atoms with Gasteiger partial charge in [0.2, 0.25) is 0 Å². The molecule has 1 aliphatic rings. The van der Waals surface area contributed by atoms with Gasteiger partial charge in [-0.1, -0.05) is 18.5 Å². The Hall–Kier alpha value is -0.300. The van der Waals surface area contributed by atoms with E-state index in [9.17, 15) is 13.2 Å². The third-order valence-corrected chi connectivity index (χ3v) is 5.90. The number of amides is 1. The van der Waals surface area contributed by atoms with Crippen molar-refractivity contribution in [1.82, 2.24) is 5.32 Å². The predicted molar refractivity (Wildman–Crippen MR) is 81.9 cm³/mol. The zero-order chi connectivity index (χ0) is 15.1. The number of rotatable bonds is 4. The average Bonchev–Trinajstić information content (AvgIpc) is 3.07. The monoisotopic (exact) mass is 399 g/mol. The van der Waals surface area contributed by atoms with Crippen LogP contribution in [0.15, 0.2) is 21.5 Å². The Morgan fingerprint density at radius 2 is 2.05 bits per heavy atom. The van der Waals surface area contributed by atoms with Gasteiger partial charge in [-0.2, -0.15) is 0 Å². The predicted octanol–water partition coefficient (Wildman–Crippen LogP) is 3.56. The molecule has 1 amide bonds. The lowest BCUT2D eigenvalue weighted by molar-refractivity contribution is 0.0946. The first-order valence-corrected chi connectivity index (χ1v) is 9.32. The van der Waals surface area contributed by atoms with Gasteiger partial charge in [0.25, 0.3) is 15.0 Å². The van der Waals surface area contributed by atoms with Crippen LogP contribution >= 0.6 is 38.2 Å². The number of carbonyl (C=O) groups excluding carboxylic acids is 1. The van der Waals surface area contributed by atoms with Crippen LogP contribution in [-0.2, 0) is 9.05 Å². The molecule has 0 aromatic heterocycles. The van der Waals surface area contributed by atoms with Crippen molar-refractivity contribution in [2.45, 2.75) is 24.7 Å². The largest absolute Gasteiger partial charge is 0.351 e. The first-order valence-electron chi connectivity index (χ1n) is 5.84. The van der Waals surface area contributed by atoms with Crippen LogP contribution in [0.4, 0.5) is 0 Å². The smallest absolute Gasteiger partial charge is 0.261 e. The van der Waals surface area contributed by atoms with Crippen molar-refractivity contribution < 1.29 is 13.2 Å². The normalized spacial score (nSPS) is 16.8. The van der Waals surface area contributed by atoms with Gasteiger partial charge in [-0.05, 0) is 46.3 Å². The van der Waals surface area contributed by atoms with Gasteiger partial charge in [-0.25, -0.2) is 8.42 Å². The van der Waals surface area contributed by atoms with E-state index in [0.717, 1.165) is 12.8 Å². The molecule has 20 heavy (non-hydrogen) atoms. The van der Waals surface area contributed by atoms with Gasteiger partial charge in [0.1, 0.15) is 0 Å². The van der Waals surface area contributed by atoms with Crippen LogP contribution in [-0.4, -0.2) is 20.9 Å². The zero-order valence-electron chi connectivity index (χ0n) is 10.5. The summed E-state index contributed by atoms with van der Waals surface area (Å²) in [7, 11) is 1.37. The fourth-order valence-electron chi connectivity index (χ4n) is 1.65. The molecule has 1 saturated carbocycles. The number of halogens is 3. The Labute approximate surface area is 135 Å². The van der Waals surface area contributed by atoms with Crippen LogP contribution in [0.1, 0.15) is 30.1 Å². The van der Waals surface area contributed by atoms with Crippen LogP contribution in [0, 0.1) is 5.41 Å². The van der Waals surface area contributed by atoms with Crippen molar-refractivity contribution in [3.63, 3.8) is 0 Å². The van der Waals surface area contributed by atoms with Crippen molar-refractivity contribution >= 4 is 53.2 Å². The Morgan fingerprint density at radius 1 is 1.45 bits per heavy atom. The standard InChI is InChI=1S/C12H12BrCl2NO3S/c1-12(2-3-12)6-16-11(17)8-4-7(20(15,18)19)5-9(13)10(8)14/h4-5H,2-3,6H2,1H3,(H,16,17). The minimum absolute atomic E-state index is 0.0875. The first kappa shape index (κ1) is 16.1. The van der Waals surface area contributed by atoms with Gasteiger partial charge < -0.3 is 5.32 Å². The molecule has 0 radical (unpaired) electrons. The summed E-state index contributed by atoms with van der Waals surface area (Å²) in [4.78, 5) is 11.9. The molecule has 1 aliphatic carbocycles. The Balaban J connectivity index is 2.30. The highest BCUT2D eigenvalue weighted by Gasteiger charge is 2.37. The van der Waals surface area contributed by atoms with E-state index < -0.39 is 15.0 Å². The number of hydrogen-bond donors (Lipinski definition) is 1. The van der Waals surface area contributed by atoms with Gasteiger partial charge in [-0.3, -0.25) is 4.79 Å². The molecule has 0 bridgehead atoms. The molecule has 4 nitrogen and oxygen atoms in total. The quantitative estimate of drug-likeness (QED) is 0.786.